The summed E-state index contributed by atoms with van der Waals surface area (Å²) >= 11 is 0. The first-order valence-electron chi connectivity index (χ1n) is 7.33. The van der Waals surface area contributed by atoms with Crippen molar-refractivity contribution in [3.63, 3.8) is 0 Å². The van der Waals surface area contributed by atoms with Crippen LogP contribution < -0.4 is 0 Å². The SMILES string of the molecule is OC(Cc1nc(C2CCCC2)no1)C1CCCC1. The lowest BCUT2D eigenvalue weighted by molar-refractivity contribution is 0.102. The summed E-state index contributed by atoms with van der Waals surface area (Å²) in [7, 11) is 0. The minimum absolute atomic E-state index is 0.302. The van der Waals surface area contributed by atoms with Crippen molar-refractivity contribution in [1.82, 2.24) is 10.1 Å². The van der Waals surface area contributed by atoms with Gasteiger partial charge in [-0.05, 0) is 31.6 Å². The van der Waals surface area contributed by atoms with Crippen LogP contribution in [-0.4, -0.2) is 21.4 Å². The molecule has 1 unspecified atom stereocenters. The molecule has 0 amide bonds. The van der Waals surface area contributed by atoms with Crippen LogP contribution in [0, 0.1) is 5.92 Å². The van der Waals surface area contributed by atoms with E-state index in [2.05, 4.69) is 10.1 Å². The van der Waals surface area contributed by atoms with Gasteiger partial charge in [-0.15, -0.1) is 0 Å². The molecule has 0 radical (unpaired) electrons. The number of aliphatic hydroxyl groups excluding tert-OH is 1. The average molecular weight is 250 g/mol. The zero-order valence-electron chi connectivity index (χ0n) is 10.8. The lowest BCUT2D eigenvalue weighted by atomic mass is 9.98. The van der Waals surface area contributed by atoms with E-state index in [1.54, 1.807) is 0 Å². The number of aliphatic hydroxyl groups is 1. The molecule has 18 heavy (non-hydrogen) atoms. The van der Waals surface area contributed by atoms with E-state index in [0.717, 1.165) is 18.7 Å². The molecule has 4 heteroatoms. The van der Waals surface area contributed by atoms with E-state index in [1.807, 2.05) is 0 Å². The van der Waals surface area contributed by atoms with Crippen LogP contribution in [0.4, 0.5) is 0 Å². The Hall–Kier alpha value is -0.900. The molecule has 1 N–H and O–H groups in total. The summed E-state index contributed by atoms with van der Waals surface area (Å²) in [5.74, 6) is 2.41. The van der Waals surface area contributed by atoms with Gasteiger partial charge in [0.15, 0.2) is 5.82 Å². The average Bonchev–Trinajstić information content (AvgIpc) is 3.12. The molecule has 1 aromatic heterocycles. The first kappa shape index (κ1) is 12.2. The van der Waals surface area contributed by atoms with Gasteiger partial charge in [0, 0.05) is 5.92 Å². The Balaban J connectivity index is 1.58. The lowest BCUT2D eigenvalue weighted by Crippen LogP contribution is -2.20. The second kappa shape index (κ2) is 5.39. The normalized spacial score (nSPS) is 23.8. The highest BCUT2D eigenvalue weighted by Gasteiger charge is 2.27. The maximum absolute atomic E-state index is 10.1. The number of hydrogen-bond donors (Lipinski definition) is 1. The van der Waals surface area contributed by atoms with Crippen molar-refractivity contribution in [1.29, 1.82) is 0 Å². The van der Waals surface area contributed by atoms with Gasteiger partial charge < -0.3 is 9.63 Å². The molecule has 1 heterocycles. The molecular weight excluding hydrogens is 228 g/mol. The van der Waals surface area contributed by atoms with Crippen LogP contribution >= 0.6 is 0 Å². The maximum atomic E-state index is 10.1. The van der Waals surface area contributed by atoms with Crippen molar-refractivity contribution in [3.05, 3.63) is 11.7 Å². The summed E-state index contributed by atoms with van der Waals surface area (Å²) in [4.78, 5) is 4.47. The first-order valence-corrected chi connectivity index (χ1v) is 7.33. The monoisotopic (exact) mass is 250 g/mol. The summed E-state index contributed by atoms with van der Waals surface area (Å²) in [5, 5.41) is 14.2. The van der Waals surface area contributed by atoms with E-state index in [-0.39, 0.29) is 6.10 Å². The molecule has 2 aliphatic carbocycles. The minimum atomic E-state index is -0.302. The molecule has 2 fully saturated rings. The second-order valence-electron chi connectivity index (χ2n) is 5.84. The molecule has 0 aliphatic heterocycles. The van der Waals surface area contributed by atoms with E-state index >= 15 is 0 Å². The van der Waals surface area contributed by atoms with Crippen molar-refractivity contribution >= 4 is 0 Å². The zero-order valence-corrected chi connectivity index (χ0v) is 10.8. The molecule has 2 aliphatic rings. The van der Waals surface area contributed by atoms with Gasteiger partial charge in [-0.3, -0.25) is 0 Å². The Bertz CT molecular complexity index is 379. The molecule has 0 spiro atoms. The molecule has 1 aromatic rings. The lowest BCUT2D eigenvalue weighted by Gasteiger charge is -2.14. The van der Waals surface area contributed by atoms with Crippen molar-refractivity contribution in [2.45, 2.75) is 69.8 Å². The predicted molar refractivity (Wildman–Crippen MR) is 67.2 cm³/mol. The van der Waals surface area contributed by atoms with Gasteiger partial charge in [0.05, 0.1) is 12.5 Å². The Morgan fingerprint density at radius 3 is 2.50 bits per heavy atom. The standard InChI is InChI=1S/C14H22N2O2/c17-12(10-5-1-2-6-10)9-13-15-14(16-18-13)11-7-3-4-8-11/h10-12,17H,1-9H2. The van der Waals surface area contributed by atoms with E-state index < -0.39 is 0 Å². The van der Waals surface area contributed by atoms with Crippen LogP contribution in [0.15, 0.2) is 4.52 Å². The third-order valence-corrected chi connectivity index (χ3v) is 4.53. The van der Waals surface area contributed by atoms with Crippen LogP contribution in [0.3, 0.4) is 0 Å². The van der Waals surface area contributed by atoms with Gasteiger partial charge in [-0.2, -0.15) is 4.98 Å². The molecule has 0 saturated heterocycles. The Labute approximate surface area is 108 Å². The molecule has 0 aromatic carbocycles. The van der Waals surface area contributed by atoms with Gasteiger partial charge in [-0.1, -0.05) is 30.8 Å². The number of nitrogens with zero attached hydrogens (tertiary/aromatic N) is 2. The third-order valence-electron chi connectivity index (χ3n) is 4.53. The molecule has 4 nitrogen and oxygen atoms in total. The van der Waals surface area contributed by atoms with Gasteiger partial charge >= 0.3 is 0 Å². The van der Waals surface area contributed by atoms with Crippen LogP contribution in [0.25, 0.3) is 0 Å². The highest BCUT2D eigenvalue weighted by atomic mass is 16.5. The highest BCUT2D eigenvalue weighted by Crippen LogP contribution is 2.33. The predicted octanol–water partition coefficient (Wildman–Crippen LogP) is 2.82. The Kier molecular flexibility index (Phi) is 3.64. The number of rotatable bonds is 4. The minimum Gasteiger partial charge on any atom is -0.392 e. The molecule has 100 valence electrons. The smallest absolute Gasteiger partial charge is 0.229 e. The summed E-state index contributed by atoms with van der Waals surface area (Å²) in [6, 6.07) is 0. The summed E-state index contributed by atoms with van der Waals surface area (Å²) in [6.45, 7) is 0. The third kappa shape index (κ3) is 2.58. The Morgan fingerprint density at radius 1 is 1.11 bits per heavy atom. The summed E-state index contributed by atoms with van der Waals surface area (Å²) in [5.41, 5.74) is 0. The largest absolute Gasteiger partial charge is 0.392 e. The zero-order chi connectivity index (χ0) is 12.4. The molecular formula is C14H22N2O2. The molecule has 2 saturated carbocycles. The molecule has 1 atom stereocenters. The topological polar surface area (TPSA) is 59.2 Å². The fraction of sp³-hybridized carbons (Fsp3) is 0.857. The quantitative estimate of drug-likeness (QED) is 0.892. The summed E-state index contributed by atoms with van der Waals surface area (Å²) in [6.07, 6.45) is 9.94. The van der Waals surface area contributed by atoms with Crippen LogP contribution in [0.1, 0.15) is 69.0 Å². The highest BCUT2D eigenvalue weighted by molar-refractivity contribution is 4.98. The van der Waals surface area contributed by atoms with Gasteiger partial charge in [0.2, 0.25) is 5.89 Å². The fourth-order valence-corrected chi connectivity index (χ4v) is 3.39. The molecule has 3 rings (SSSR count). The van der Waals surface area contributed by atoms with E-state index in [4.69, 9.17) is 4.52 Å². The van der Waals surface area contributed by atoms with Crippen molar-refractivity contribution in [3.8, 4) is 0 Å². The van der Waals surface area contributed by atoms with Crippen molar-refractivity contribution in [2.75, 3.05) is 0 Å². The second-order valence-corrected chi connectivity index (χ2v) is 5.84. The van der Waals surface area contributed by atoms with Crippen molar-refractivity contribution < 1.29 is 9.63 Å². The fourth-order valence-electron chi connectivity index (χ4n) is 3.39. The Morgan fingerprint density at radius 2 is 1.78 bits per heavy atom. The maximum Gasteiger partial charge on any atom is 0.229 e. The van der Waals surface area contributed by atoms with E-state index in [1.165, 1.54) is 38.5 Å². The van der Waals surface area contributed by atoms with Crippen molar-refractivity contribution in [2.24, 2.45) is 5.92 Å². The first-order chi connectivity index (χ1) is 8.83. The van der Waals surface area contributed by atoms with Gasteiger partial charge in [-0.25, -0.2) is 0 Å². The van der Waals surface area contributed by atoms with Crippen LogP contribution in [0.2, 0.25) is 0 Å². The van der Waals surface area contributed by atoms with Gasteiger partial charge in [0.25, 0.3) is 0 Å². The number of hydrogen-bond acceptors (Lipinski definition) is 4. The summed E-state index contributed by atoms with van der Waals surface area (Å²) < 4.78 is 5.29. The van der Waals surface area contributed by atoms with E-state index in [9.17, 15) is 5.11 Å². The number of aromatic nitrogens is 2. The van der Waals surface area contributed by atoms with E-state index in [0.29, 0.717) is 24.1 Å². The molecule has 0 bridgehead atoms. The van der Waals surface area contributed by atoms with Crippen LogP contribution in [0.5, 0.6) is 0 Å². The van der Waals surface area contributed by atoms with Crippen LogP contribution in [-0.2, 0) is 6.42 Å². The van der Waals surface area contributed by atoms with Gasteiger partial charge in [0.1, 0.15) is 0 Å².